The van der Waals surface area contributed by atoms with Crippen molar-refractivity contribution in [1.29, 1.82) is 0 Å². The van der Waals surface area contributed by atoms with Crippen molar-refractivity contribution in [2.75, 3.05) is 25.1 Å². The van der Waals surface area contributed by atoms with Crippen molar-refractivity contribution in [3.8, 4) is 0 Å². The molecule has 1 heterocycles. The summed E-state index contributed by atoms with van der Waals surface area (Å²) >= 11 is 0. The first kappa shape index (κ1) is 18.0. The summed E-state index contributed by atoms with van der Waals surface area (Å²) in [6.07, 6.45) is 2.22. The second-order valence-corrected chi connectivity index (χ2v) is 5.53. The van der Waals surface area contributed by atoms with E-state index in [4.69, 9.17) is 10.5 Å². The summed E-state index contributed by atoms with van der Waals surface area (Å²) in [5, 5.41) is 0. The van der Waals surface area contributed by atoms with E-state index < -0.39 is 0 Å². The topological polar surface area (TPSA) is 55.6 Å². The molecule has 1 aromatic carbocycles. The number of nitrogens with zero attached hydrogens (tertiary/aromatic N) is 1. The molecule has 1 amide bonds. The predicted octanol–water partition coefficient (Wildman–Crippen LogP) is 2.37. The van der Waals surface area contributed by atoms with E-state index in [1.165, 1.54) is 16.7 Å². The van der Waals surface area contributed by atoms with Crippen LogP contribution in [0.3, 0.4) is 0 Å². The third kappa shape index (κ3) is 3.96. The molecule has 0 aliphatic carbocycles. The summed E-state index contributed by atoms with van der Waals surface area (Å²) in [7, 11) is 1.60. The number of benzene rings is 1. The lowest BCUT2D eigenvalue weighted by atomic mass is 9.94. The summed E-state index contributed by atoms with van der Waals surface area (Å²) in [6, 6.07) is 4.30. The molecule has 1 aliphatic rings. The third-order valence-electron chi connectivity index (χ3n) is 3.99. The molecule has 1 unspecified atom stereocenters. The maximum Gasteiger partial charge on any atom is 0.229 e. The lowest BCUT2D eigenvalue weighted by Gasteiger charge is -2.32. The van der Waals surface area contributed by atoms with Crippen LogP contribution in [0.1, 0.15) is 29.5 Å². The second-order valence-electron chi connectivity index (χ2n) is 5.53. The first-order chi connectivity index (χ1) is 9.56. The first-order valence-corrected chi connectivity index (χ1v) is 7.20. The standard InChI is InChI=1S/C16H24N2O2.ClH/c1-11-7-12(2)14-5-4-6-18(15(14)8-11)16(19)9-13(10-17)20-3;/h7-8,13H,4-6,9-10,17H2,1-3H3;1H. The summed E-state index contributed by atoms with van der Waals surface area (Å²) in [5.74, 6) is 0.105. The van der Waals surface area contributed by atoms with Gasteiger partial charge in [0.05, 0.1) is 12.5 Å². The molecule has 0 radical (unpaired) electrons. The van der Waals surface area contributed by atoms with Gasteiger partial charge >= 0.3 is 0 Å². The van der Waals surface area contributed by atoms with Gasteiger partial charge in [0, 0.05) is 25.9 Å². The normalized spacial score (nSPS) is 15.1. The number of methoxy groups -OCH3 is 1. The van der Waals surface area contributed by atoms with Crippen molar-refractivity contribution in [3.63, 3.8) is 0 Å². The Kier molecular flexibility index (Phi) is 6.65. The van der Waals surface area contributed by atoms with Crippen LogP contribution in [-0.2, 0) is 16.0 Å². The fourth-order valence-electron chi connectivity index (χ4n) is 2.90. The molecule has 2 rings (SSSR count). The number of anilines is 1. The van der Waals surface area contributed by atoms with Crippen molar-refractivity contribution in [3.05, 3.63) is 28.8 Å². The molecular formula is C16H25ClN2O2. The van der Waals surface area contributed by atoms with Crippen LogP contribution in [0.5, 0.6) is 0 Å². The Morgan fingerprint density at radius 2 is 2.14 bits per heavy atom. The summed E-state index contributed by atoms with van der Waals surface area (Å²) in [6.45, 7) is 5.35. The molecule has 21 heavy (non-hydrogen) atoms. The molecule has 0 saturated carbocycles. The van der Waals surface area contributed by atoms with Crippen LogP contribution in [-0.4, -0.2) is 32.2 Å². The van der Waals surface area contributed by atoms with E-state index in [1.807, 2.05) is 4.90 Å². The number of halogens is 1. The molecule has 1 aromatic rings. The van der Waals surface area contributed by atoms with Gasteiger partial charge in [-0.3, -0.25) is 4.79 Å². The highest BCUT2D eigenvalue weighted by molar-refractivity contribution is 5.95. The van der Waals surface area contributed by atoms with Crippen molar-refractivity contribution in [2.45, 2.75) is 39.2 Å². The van der Waals surface area contributed by atoms with Gasteiger partial charge in [-0.15, -0.1) is 12.4 Å². The zero-order chi connectivity index (χ0) is 14.7. The number of carbonyl (C=O) groups excluding carboxylic acids is 1. The highest BCUT2D eigenvalue weighted by Gasteiger charge is 2.25. The predicted molar refractivity (Wildman–Crippen MR) is 88.3 cm³/mol. The Bertz CT molecular complexity index is 501. The van der Waals surface area contributed by atoms with Gasteiger partial charge in [0.2, 0.25) is 5.91 Å². The number of nitrogens with two attached hydrogens (primary N) is 1. The second kappa shape index (κ2) is 7.78. The quantitative estimate of drug-likeness (QED) is 0.928. The molecule has 0 spiro atoms. The lowest BCUT2D eigenvalue weighted by Crippen LogP contribution is -2.39. The third-order valence-corrected chi connectivity index (χ3v) is 3.99. The van der Waals surface area contributed by atoms with Gasteiger partial charge in [-0.1, -0.05) is 6.07 Å². The molecule has 0 aromatic heterocycles. The minimum absolute atomic E-state index is 0. The van der Waals surface area contributed by atoms with E-state index in [1.54, 1.807) is 7.11 Å². The molecule has 1 atom stereocenters. The number of carbonyl (C=O) groups is 1. The number of fused-ring (bicyclic) bond motifs is 1. The van der Waals surface area contributed by atoms with Gasteiger partial charge in [-0.25, -0.2) is 0 Å². The smallest absolute Gasteiger partial charge is 0.229 e. The van der Waals surface area contributed by atoms with E-state index in [0.717, 1.165) is 25.1 Å². The van der Waals surface area contributed by atoms with Gasteiger partial charge in [0.15, 0.2) is 0 Å². The van der Waals surface area contributed by atoms with Gasteiger partial charge in [-0.05, 0) is 49.4 Å². The summed E-state index contributed by atoms with van der Waals surface area (Å²) < 4.78 is 5.22. The largest absolute Gasteiger partial charge is 0.380 e. The molecule has 0 bridgehead atoms. The molecule has 0 saturated heterocycles. The first-order valence-electron chi connectivity index (χ1n) is 7.20. The van der Waals surface area contributed by atoms with E-state index in [0.29, 0.717) is 13.0 Å². The highest BCUT2D eigenvalue weighted by atomic mass is 35.5. The molecule has 5 heteroatoms. The molecule has 2 N–H and O–H groups in total. The van der Waals surface area contributed by atoms with Crippen molar-refractivity contribution < 1.29 is 9.53 Å². The average molecular weight is 313 g/mol. The number of amides is 1. The van der Waals surface area contributed by atoms with Crippen LogP contribution in [0.2, 0.25) is 0 Å². The Balaban J connectivity index is 0.00000220. The fourth-order valence-corrected chi connectivity index (χ4v) is 2.90. The number of hydrogen-bond acceptors (Lipinski definition) is 3. The molecule has 118 valence electrons. The number of rotatable bonds is 4. The molecule has 1 aliphatic heterocycles. The van der Waals surface area contributed by atoms with Gasteiger partial charge in [-0.2, -0.15) is 0 Å². The van der Waals surface area contributed by atoms with Crippen LogP contribution in [0.4, 0.5) is 5.69 Å². The van der Waals surface area contributed by atoms with Gasteiger partial charge < -0.3 is 15.4 Å². The molecule has 0 fully saturated rings. The van der Waals surface area contributed by atoms with Crippen LogP contribution < -0.4 is 10.6 Å². The van der Waals surface area contributed by atoms with Crippen molar-refractivity contribution in [1.82, 2.24) is 0 Å². The Morgan fingerprint density at radius 1 is 1.43 bits per heavy atom. The van der Waals surface area contributed by atoms with Crippen molar-refractivity contribution >= 4 is 24.0 Å². The Labute approximate surface area is 133 Å². The lowest BCUT2D eigenvalue weighted by molar-refractivity contribution is -0.120. The van der Waals surface area contributed by atoms with Gasteiger partial charge in [0.25, 0.3) is 0 Å². The number of ether oxygens (including phenoxy) is 1. The van der Waals surface area contributed by atoms with Gasteiger partial charge in [0.1, 0.15) is 0 Å². The van der Waals surface area contributed by atoms with Crippen LogP contribution >= 0.6 is 12.4 Å². The van der Waals surface area contributed by atoms with E-state index in [-0.39, 0.29) is 24.4 Å². The Hall–Kier alpha value is -1.10. The van der Waals surface area contributed by atoms with E-state index in [9.17, 15) is 4.79 Å². The Morgan fingerprint density at radius 3 is 2.76 bits per heavy atom. The fraction of sp³-hybridized carbons (Fsp3) is 0.562. The highest BCUT2D eigenvalue weighted by Crippen LogP contribution is 2.31. The van der Waals surface area contributed by atoms with Crippen LogP contribution in [0.25, 0.3) is 0 Å². The molecule has 4 nitrogen and oxygen atoms in total. The van der Waals surface area contributed by atoms with E-state index >= 15 is 0 Å². The maximum atomic E-state index is 12.5. The molecular weight excluding hydrogens is 288 g/mol. The number of aryl methyl sites for hydroxylation is 2. The zero-order valence-electron chi connectivity index (χ0n) is 13.0. The SMILES string of the molecule is COC(CN)CC(=O)N1CCCc2c(C)cc(C)cc21.Cl. The maximum absolute atomic E-state index is 12.5. The minimum Gasteiger partial charge on any atom is -0.380 e. The van der Waals surface area contributed by atoms with Crippen LogP contribution in [0, 0.1) is 13.8 Å². The van der Waals surface area contributed by atoms with Crippen molar-refractivity contribution in [2.24, 2.45) is 5.73 Å². The zero-order valence-corrected chi connectivity index (χ0v) is 13.8. The number of hydrogen-bond donors (Lipinski definition) is 1. The summed E-state index contributed by atoms with van der Waals surface area (Å²) in [5.41, 5.74) is 10.5. The minimum atomic E-state index is -0.196. The monoisotopic (exact) mass is 312 g/mol. The van der Waals surface area contributed by atoms with Crippen LogP contribution in [0.15, 0.2) is 12.1 Å². The average Bonchev–Trinajstić information content (AvgIpc) is 2.43. The summed E-state index contributed by atoms with van der Waals surface area (Å²) in [4.78, 5) is 14.4. The van der Waals surface area contributed by atoms with E-state index in [2.05, 4.69) is 26.0 Å².